The van der Waals surface area contributed by atoms with Gasteiger partial charge in [0.1, 0.15) is 5.75 Å². The average molecular weight is 355 g/mol. The molecule has 0 aliphatic carbocycles. The maximum Gasteiger partial charge on any atom is 0.329 e. The van der Waals surface area contributed by atoms with E-state index in [1.807, 2.05) is 64.1 Å². The quantitative estimate of drug-likeness (QED) is 0.475. The summed E-state index contributed by atoms with van der Waals surface area (Å²) in [5, 5.41) is 8.48. The molecule has 0 bridgehead atoms. The zero-order chi connectivity index (χ0) is 19.1. The van der Waals surface area contributed by atoms with Crippen LogP contribution in [0.1, 0.15) is 33.3 Å². The normalized spacial score (nSPS) is 11.3. The molecule has 2 amide bonds. The van der Waals surface area contributed by atoms with E-state index in [0.717, 1.165) is 16.3 Å². The van der Waals surface area contributed by atoms with Gasteiger partial charge in [-0.3, -0.25) is 9.59 Å². The molecule has 0 aliphatic heterocycles. The average Bonchev–Trinajstić information content (AvgIpc) is 2.60. The van der Waals surface area contributed by atoms with Crippen molar-refractivity contribution < 1.29 is 14.3 Å². The molecular formula is C20H25N3O3. The molecule has 0 radical (unpaired) electrons. The van der Waals surface area contributed by atoms with Crippen LogP contribution in [0.3, 0.4) is 0 Å². The van der Waals surface area contributed by atoms with Crippen LogP contribution in [0.25, 0.3) is 10.8 Å². The van der Waals surface area contributed by atoms with E-state index in [2.05, 4.69) is 15.8 Å². The van der Waals surface area contributed by atoms with E-state index < -0.39 is 11.8 Å². The van der Waals surface area contributed by atoms with E-state index in [0.29, 0.717) is 12.3 Å². The number of carbonyl (C=O) groups excluding carboxylic acids is 2. The molecule has 0 heterocycles. The maximum absolute atomic E-state index is 11.8. The second-order valence-corrected chi connectivity index (χ2v) is 6.67. The van der Waals surface area contributed by atoms with E-state index in [9.17, 15) is 9.59 Å². The number of hydrazone groups is 1. The fourth-order valence-corrected chi connectivity index (χ4v) is 2.35. The first kappa shape index (κ1) is 19.4. The van der Waals surface area contributed by atoms with Crippen molar-refractivity contribution in [2.45, 2.75) is 33.8 Å². The second kappa shape index (κ2) is 8.99. The lowest BCUT2D eigenvalue weighted by molar-refractivity contribution is -0.139. The number of benzene rings is 2. The van der Waals surface area contributed by atoms with Crippen LogP contribution < -0.4 is 15.5 Å². The van der Waals surface area contributed by atoms with Gasteiger partial charge in [-0.05, 0) is 36.6 Å². The van der Waals surface area contributed by atoms with Gasteiger partial charge in [0.05, 0.1) is 12.3 Å². The molecule has 26 heavy (non-hydrogen) atoms. The van der Waals surface area contributed by atoms with Gasteiger partial charge in [-0.2, -0.15) is 5.10 Å². The van der Waals surface area contributed by atoms with Crippen molar-refractivity contribution in [2.24, 2.45) is 11.0 Å². The molecule has 2 aromatic carbocycles. The molecule has 0 spiro atoms. The fraction of sp³-hybridized carbons (Fsp3) is 0.350. The van der Waals surface area contributed by atoms with E-state index in [-0.39, 0.29) is 12.0 Å². The van der Waals surface area contributed by atoms with Gasteiger partial charge in [-0.25, -0.2) is 5.43 Å². The maximum atomic E-state index is 11.8. The number of amides is 2. The minimum absolute atomic E-state index is 0.000264. The first-order valence-corrected chi connectivity index (χ1v) is 8.68. The smallest absolute Gasteiger partial charge is 0.329 e. The van der Waals surface area contributed by atoms with Crippen LogP contribution in [-0.2, 0) is 9.59 Å². The molecule has 6 nitrogen and oxygen atoms in total. The number of carbonyl (C=O) groups is 2. The molecular weight excluding hydrogens is 330 g/mol. The van der Waals surface area contributed by atoms with Gasteiger partial charge in [0.15, 0.2) is 0 Å². The van der Waals surface area contributed by atoms with Crippen LogP contribution in [0.2, 0.25) is 0 Å². The van der Waals surface area contributed by atoms with Gasteiger partial charge in [0.2, 0.25) is 0 Å². The number of hydrogen-bond donors (Lipinski definition) is 2. The number of fused-ring (bicyclic) bond motifs is 1. The first-order chi connectivity index (χ1) is 12.4. The van der Waals surface area contributed by atoms with E-state index in [1.165, 1.54) is 6.21 Å². The number of rotatable bonds is 6. The number of nitrogens with zero attached hydrogens (tertiary/aromatic N) is 1. The van der Waals surface area contributed by atoms with Crippen LogP contribution in [0.4, 0.5) is 0 Å². The number of ether oxygens (including phenoxy) is 1. The highest BCUT2D eigenvalue weighted by molar-refractivity contribution is 6.35. The Morgan fingerprint density at radius 2 is 1.81 bits per heavy atom. The molecule has 2 aromatic rings. The highest BCUT2D eigenvalue weighted by atomic mass is 16.5. The Bertz CT molecular complexity index is 813. The third-order valence-electron chi connectivity index (χ3n) is 3.53. The Morgan fingerprint density at radius 3 is 2.50 bits per heavy atom. The summed E-state index contributed by atoms with van der Waals surface area (Å²) in [4.78, 5) is 23.5. The summed E-state index contributed by atoms with van der Waals surface area (Å²) in [5.74, 6) is -0.566. The minimum atomic E-state index is -0.798. The van der Waals surface area contributed by atoms with Crippen LogP contribution in [0, 0.1) is 5.92 Å². The van der Waals surface area contributed by atoms with E-state index in [1.54, 1.807) is 0 Å². The van der Waals surface area contributed by atoms with Crippen molar-refractivity contribution in [3.63, 3.8) is 0 Å². The van der Waals surface area contributed by atoms with Crippen molar-refractivity contribution >= 4 is 28.8 Å². The lowest BCUT2D eigenvalue weighted by atomic mass is 10.0. The van der Waals surface area contributed by atoms with Crippen molar-refractivity contribution in [2.75, 3.05) is 6.54 Å². The van der Waals surface area contributed by atoms with Crippen LogP contribution in [-0.4, -0.2) is 30.7 Å². The molecule has 0 aliphatic rings. The lowest BCUT2D eigenvalue weighted by Gasteiger charge is -2.14. The van der Waals surface area contributed by atoms with E-state index in [4.69, 9.17) is 4.74 Å². The Labute approximate surface area is 153 Å². The number of hydrogen-bond acceptors (Lipinski definition) is 4. The summed E-state index contributed by atoms with van der Waals surface area (Å²) in [5.41, 5.74) is 3.01. The summed E-state index contributed by atoms with van der Waals surface area (Å²) in [6, 6.07) is 11.7. The van der Waals surface area contributed by atoms with Gasteiger partial charge in [0, 0.05) is 12.1 Å². The van der Waals surface area contributed by atoms with Crippen LogP contribution in [0.15, 0.2) is 41.5 Å². The van der Waals surface area contributed by atoms with Crippen molar-refractivity contribution in [1.29, 1.82) is 0 Å². The third kappa shape index (κ3) is 5.31. The summed E-state index contributed by atoms with van der Waals surface area (Å²) in [6.45, 7) is 8.22. The van der Waals surface area contributed by atoms with E-state index >= 15 is 0 Å². The molecule has 6 heteroatoms. The molecule has 2 rings (SSSR count). The molecule has 0 fully saturated rings. The van der Waals surface area contributed by atoms with Gasteiger partial charge in [-0.1, -0.05) is 44.2 Å². The fourth-order valence-electron chi connectivity index (χ4n) is 2.35. The summed E-state index contributed by atoms with van der Waals surface area (Å²) in [7, 11) is 0. The molecule has 138 valence electrons. The van der Waals surface area contributed by atoms with Gasteiger partial charge in [-0.15, -0.1) is 0 Å². The second-order valence-electron chi connectivity index (χ2n) is 6.67. The molecule has 0 atom stereocenters. The number of nitrogens with one attached hydrogen (secondary N) is 2. The van der Waals surface area contributed by atoms with Gasteiger partial charge in [0.25, 0.3) is 0 Å². The largest absolute Gasteiger partial charge is 0.490 e. The summed E-state index contributed by atoms with van der Waals surface area (Å²) < 4.78 is 5.84. The van der Waals surface area contributed by atoms with Gasteiger partial charge >= 0.3 is 11.8 Å². The zero-order valence-corrected chi connectivity index (χ0v) is 15.6. The van der Waals surface area contributed by atoms with Crippen LogP contribution >= 0.6 is 0 Å². The monoisotopic (exact) mass is 355 g/mol. The third-order valence-corrected chi connectivity index (χ3v) is 3.53. The predicted molar refractivity (Wildman–Crippen MR) is 103 cm³/mol. The lowest BCUT2D eigenvalue weighted by Crippen LogP contribution is -2.39. The highest BCUT2D eigenvalue weighted by Crippen LogP contribution is 2.27. The molecule has 2 N–H and O–H groups in total. The summed E-state index contributed by atoms with van der Waals surface area (Å²) in [6.07, 6.45) is 1.51. The molecule has 0 saturated heterocycles. The minimum Gasteiger partial charge on any atom is -0.490 e. The Hall–Kier alpha value is -2.89. The SMILES string of the molecule is CC(C)CNC(=O)C(=O)N/N=C\c1c(OC(C)C)ccc2ccccc12. The van der Waals surface area contributed by atoms with Crippen molar-refractivity contribution in [3.8, 4) is 5.75 Å². The Morgan fingerprint density at radius 1 is 1.08 bits per heavy atom. The standard InChI is InChI=1S/C20H25N3O3/c1-13(2)11-21-19(24)20(25)23-22-12-17-16-8-6-5-7-15(16)9-10-18(17)26-14(3)4/h5-10,12-14H,11H2,1-4H3,(H,21,24)(H,23,25)/b22-12-. The zero-order valence-electron chi connectivity index (χ0n) is 15.6. The van der Waals surface area contributed by atoms with Crippen molar-refractivity contribution in [1.82, 2.24) is 10.7 Å². The molecule has 0 aromatic heterocycles. The molecule has 0 unspecified atom stereocenters. The Kier molecular flexibility index (Phi) is 6.72. The van der Waals surface area contributed by atoms with Crippen molar-refractivity contribution in [3.05, 3.63) is 42.0 Å². The van der Waals surface area contributed by atoms with Crippen LogP contribution in [0.5, 0.6) is 5.75 Å². The topological polar surface area (TPSA) is 79.8 Å². The first-order valence-electron chi connectivity index (χ1n) is 8.68. The molecule has 0 saturated carbocycles. The highest BCUT2D eigenvalue weighted by Gasteiger charge is 2.13. The Balaban J connectivity index is 2.19. The summed E-state index contributed by atoms with van der Waals surface area (Å²) >= 11 is 0. The van der Waals surface area contributed by atoms with Gasteiger partial charge < -0.3 is 10.1 Å². The predicted octanol–water partition coefficient (Wildman–Crippen LogP) is 2.85.